The summed E-state index contributed by atoms with van der Waals surface area (Å²) in [4.78, 5) is 0. The van der Waals surface area contributed by atoms with Gasteiger partial charge in [0.1, 0.15) is 5.75 Å². The van der Waals surface area contributed by atoms with Crippen LogP contribution in [-0.2, 0) is 0 Å². The van der Waals surface area contributed by atoms with Crippen molar-refractivity contribution in [2.45, 2.75) is 43.1 Å². The van der Waals surface area contributed by atoms with E-state index < -0.39 is 0 Å². The van der Waals surface area contributed by atoms with Gasteiger partial charge in [0.25, 0.3) is 0 Å². The van der Waals surface area contributed by atoms with Gasteiger partial charge >= 0.3 is 0 Å². The highest BCUT2D eigenvalue weighted by molar-refractivity contribution is 6.21. The first-order valence-electron chi connectivity index (χ1n) is 6.98. The van der Waals surface area contributed by atoms with Gasteiger partial charge in [0.2, 0.25) is 0 Å². The number of hydrogen-bond donors (Lipinski definition) is 2. The lowest BCUT2D eigenvalue weighted by Crippen LogP contribution is -2.40. The van der Waals surface area contributed by atoms with Crippen LogP contribution in [0.2, 0.25) is 0 Å². The third-order valence-electron chi connectivity index (χ3n) is 4.59. The Hall–Kier alpha value is -0.770. The number of ether oxygens (including phenoxy) is 1. The van der Waals surface area contributed by atoms with Crippen molar-refractivity contribution in [2.24, 2.45) is 5.92 Å². The molecule has 4 heteroatoms. The first kappa shape index (κ1) is 13.2. The number of halogens is 1. The Kier molecular flexibility index (Phi) is 3.70. The van der Waals surface area contributed by atoms with Gasteiger partial charge in [-0.1, -0.05) is 12.1 Å². The van der Waals surface area contributed by atoms with Crippen molar-refractivity contribution >= 4 is 11.6 Å². The number of alkyl halides is 1. The average Bonchev–Trinajstić information content (AvgIpc) is 2.81. The number of nitrogens with one attached hydrogen (secondary N) is 2. The van der Waals surface area contributed by atoms with Crippen LogP contribution in [0.1, 0.15) is 31.2 Å². The molecule has 0 spiro atoms. The monoisotopic (exact) mass is 280 g/mol. The summed E-state index contributed by atoms with van der Waals surface area (Å²) in [5, 5.41) is 0.239. The fourth-order valence-electron chi connectivity index (χ4n) is 3.54. The molecule has 0 radical (unpaired) electrons. The molecule has 0 bridgehead atoms. The highest BCUT2D eigenvalue weighted by Crippen LogP contribution is 2.41. The van der Waals surface area contributed by atoms with Crippen molar-refractivity contribution in [3.63, 3.8) is 0 Å². The van der Waals surface area contributed by atoms with E-state index in [4.69, 9.17) is 16.3 Å². The van der Waals surface area contributed by atoms with Crippen molar-refractivity contribution in [3.05, 3.63) is 29.8 Å². The number of hydrogen-bond acceptors (Lipinski definition) is 3. The molecule has 2 fully saturated rings. The molecule has 1 saturated carbocycles. The zero-order valence-electron chi connectivity index (χ0n) is 11.4. The third-order valence-corrected chi connectivity index (χ3v) is 5.06. The minimum absolute atomic E-state index is 0.239. The number of fused-ring (bicyclic) bond motifs is 1. The molecule has 0 aromatic heterocycles. The molecule has 1 heterocycles. The molecule has 3 rings (SSSR count). The summed E-state index contributed by atoms with van der Waals surface area (Å²) in [5.41, 5.74) is 8.10. The van der Waals surface area contributed by atoms with Crippen molar-refractivity contribution in [1.82, 2.24) is 10.9 Å². The molecule has 1 aromatic carbocycles. The fourth-order valence-corrected chi connectivity index (χ4v) is 4.15. The normalized spacial score (nSPS) is 37.9. The van der Waals surface area contributed by atoms with Crippen molar-refractivity contribution < 1.29 is 4.74 Å². The molecule has 1 saturated heterocycles. The van der Waals surface area contributed by atoms with E-state index in [0.717, 1.165) is 18.6 Å². The molecule has 104 valence electrons. The number of rotatable bonds is 2. The molecular weight excluding hydrogens is 260 g/mol. The predicted molar refractivity (Wildman–Crippen MR) is 77.6 cm³/mol. The molecule has 1 aromatic rings. The minimum atomic E-state index is 0.239. The van der Waals surface area contributed by atoms with Gasteiger partial charge in [0, 0.05) is 23.4 Å². The van der Waals surface area contributed by atoms with Gasteiger partial charge in [-0.25, -0.2) is 0 Å². The number of benzene rings is 1. The zero-order valence-corrected chi connectivity index (χ0v) is 12.2. The lowest BCUT2D eigenvalue weighted by atomic mass is 9.74. The van der Waals surface area contributed by atoms with E-state index in [-0.39, 0.29) is 5.38 Å². The van der Waals surface area contributed by atoms with Crippen molar-refractivity contribution in [3.8, 4) is 5.75 Å². The molecule has 2 N–H and O–H groups in total. The Morgan fingerprint density at radius 2 is 1.89 bits per heavy atom. The Bertz CT molecular complexity index is 436. The minimum Gasteiger partial charge on any atom is -0.497 e. The lowest BCUT2D eigenvalue weighted by molar-refractivity contribution is 0.290. The summed E-state index contributed by atoms with van der Waals surface area (Å²) >= 11 is 6.61. The van der Waals surface area contributed by atoms with E-state index in [1.165, 1.54) is 5.56 Å². The van der Waals surface area contributed by atoms with E-state index in [2.05, 4.69) is 29.9 Å². The standard InChI is InChI=1S/C15H21ClN2O/c1-9-15-13(16)7-11(8-14(15)18-17-9)10-3-5-12(19-2)6-4-10/h3-6,9,11,13-15,17-18H,7-8H2,1-2H3. The Morgan fingerprint density at radius 3 is 2.58 bits per heavy atom. The van der Waals surface area contributed by atoms with Crippen LogP contribution in [0.25, 0.3) is 0 Å². The third kappa shape index (κ3) is 2.47. The van der Waals surface area contributed by atoms with Gasteiger partial charge < -0.3 is 4.74 Å². The second-order valence-electron chi connectivity index (χ2n) is 5.72. The highest BCUT2D eigenvalue weighted by atomic mass is 35.5. The maximum Gasteiger partial charge on any atom is 0.118 e. The number of hydrazine groups is 1. The maximum absolute atomic E-state index is 6.61. The fraction of sp³-hybridized carbons (Fsp3) is 0.600. The first-order valence-corrected chi connectivity index (χ1v) is 7.41. The van der Waals surface area contributed by atoms with Crippen LogP contribution >= 0.6 is 11.6 Å². The molecule has 1 aliphatic heterocycles. The van der Waals surface area contributed by atoms with Gasteiger partial charge in [-0.15, -0.1) is 11.6 Å². The SMILES string of the molecule is COc1ccc(C2CC(Cl)C3C(C)NNC3C2)cc1. The molecule has 3 nitrogen and oxygen atoms in total. The predicted octanol–water partition coefficient (Wildman–Crippen LogP) is 2.66. The van der Waals surface area contributed by atoms with Crippen molar-refractivity contribution in [1.29, 1.82) is 0 Å². The molecule has 19 heavy (non-hydrogen) atoms. The summed E-state index contributed by atoms with van der Waals surface area (Å²) < 4.78 is 5.21. The summed E-state index contributed by atoms with van der Waals surface area (Å²) in [6.45, 7) is 2.21. The van der Waals surface area contributed by atoms with Crippen LogP contribution in [0.4, 0.5) is 0 Å². The van der Waals surface area contributed by atoms with E-state index in [1.54, 1.807) is 7.11 Å². The van der Waals surface area contributed by atoms with Crippen LogP contribution in [0.5, 0.6) is 5.75 Å². The second kappa shape index (κ2) is 5.31. The van der Waals surface area contributed by atoms with Crippen LogP contribution in [-0.4, -0.2) is 24.6 Å². The zero-order chi connectivity index (χ0) is 13.4. The Morgan fingerprint density at radius 1 is 1.16 bits per heavy atom. The smallest absolute Gasteiger partial charge is 0.118 e. The van der Waals surface area contributed by atoms with Gasteiger partial charge in [0.15, 0.2) is 0 Å². The lowest BCUT2D eigenvalue weighted by Gasteiger charge is -2.36. The van der Waals surface area contributed by atoms with Crippen LogP contribution in [0.15, 0.2) is 24.3 Å². The summed E-state index contributed by atoms with van der Waals surface area (Å²) in [7, 11) is 1.70. The maximum atomic E-state index is 6.61. The highest BCUT2D eigenvalue weighted by Gasteiger charge is 2.43. The topological polar surface area (TPSA) is 33.3 Å². The van der Waals surface area contributed by atoms with Crippen LogP contribution in [0.3, 0.4) is 0 Å². The molecule has 5 unspecified atom stereocenters. The van der Waals surface area contributed by atoms with E-state index in [1.807, 2.05) is 12.1 Å². The molecule has 5 atom stereocenters. The average molecular weight is 281 g/mol. The summed E-state index contributed by atoms with van der Waals surface area (Å²) in [6.07, 6.45) is 2.21. The van der Waals surface area contributed by atoms with E-state index in [0.29, 0.717) is 23.9 Å². The van der Waals surface area contributed by atoms with Gasteiger partial charge in [-0.3, -0.25) is 10.9 Å². The van der Waals surface area contributed by atoms with E-state index in [9.17, 15) is 0 Å². The second-order valence-corrected chi connectivity index (χ2v) is 6.28. The van der Waals surface area contributed by atoms with Crippen LogP contribution < -0.4 is 15.6 Å². The van der Waals surface area contributed by atoms with Gasteiger partial charge in [-0.05, 0) is 43.4 Å². The molecule has 0 amide bonds. The Labute approximate surface area is 119 Å². The Balaban J connectivity index is 1.76. The molecule has 2 aliphatic rings. The molecule has 1 aliphatic carbocycles. The van der Waals surface area contributed by atoms with Gasteiger partial charge in [-0.2, -0.15) is 0 Å². The van der Waals surface area contributed by atoms with E-state index >= 15 is 0 Å². The van der Waals surface area contributed by atoms with Gasteiger partial charge in [0.05, 0.1) is 7.11 Å². The molecular formula is C15H21ClN2O. The summed E-state index contributed by atoms with van der Waals surface area (Å²) in [5.74, 6) is 1.99. The van der Waals surface area contributed by atoms with Crippen LogP contribution in [0, 0.1) is 5.92 Å². The van der Waals surface area contributed by atoms with Crippen molar-refractivity contribution in [2.75, 3.05) is 7.11 Å². The number of methoxy groups -OCH3 is 1. The quantitative estimate of drug-likeness (QED) is 0.817. The largest absolute Gasteiger partial charge is 0.497 e. The first-order chi connectivity index (χ1) is 9.19. The summed E-state index contributed by atoms with van der Waals surface area (Å²) in [6, 6.07) is 9.35.